The highest BCUT2D eigenvalue weighted by Crippen LogP contribution is 2.23. The Labute approximate surface area is 150 Å². The van der Waals surface area contributed by atoms with E-state index < -0.39 is 12.1 Å². The van der Waals surface area contributed by atoms with Crippen molar-refractivity contribution in [2.24, 2.45) is 0 Å². The Morgan fingerprint density at radius 2 is 1.85 bits per heavy atom. The second-order valence-electron chi connectivity index (χ2n) is 5.62. The number of carbonyl (C=O) groups is 2. The smallest absolute Gasteiger partial charge is 0.338 e. The predicted octanol–water partition coefficient (Wildman–Crippen LogP) is 3.61. The normalized spacial score (nSPS) is 11.6. The first kappa shape index (κ1) is 17.3. The maximum Gasteiger partial charge on any atom is 0.338 e. The number of nitrogens with zero attached hydrogens (tertiary/aromatic N) is 2. The zero-order chi connectivity index (χ0) is 18.5. The molecule has 3 aromatic rings. The minimum Gasteiger partial charge on any atom is -0.449 e. The van der Waals surface area contributed by atoms with Crippen molar-refractivity contribution < 1.29 is 18.7 Å². The second-order valence-corrected chi connectivity index (χ2v) is 5.62. The monoisotopic (exact) mass is 351 g/mol. The topological polar surface area (TPSA) is 94.3 Å². The van der Waals surface area contributed by atoms with E-state index in [0.717, 1.165) is 5.56 Å². The maximum atomic E-state index is 12.3. The van der Waals surface area contributed by atoms with E-state index in [4.69, 9.17) is 9.15 Å². The molecule has 0 spiro atoms. The Morgan fingerprint density at radius 1 is 1.08 bits per heavy atom. The Balaban J connectivity index is 1.70. The van der Waals surface area contributed by atoms with Crippen LogP contribution in [0.4, 0.5) is 5.69 Å². The average molecular weight is 351 g/mol. The van der Waals surface area contributed by atoms with Gasteiger partial charge in [0.15, 0.2) is 6.10 Å². The van der Waals surface area contributed by atoms with E-state index in [1.165, 1.54) is 6.92 Å². The number of nitrogens with one attached hydrogen (secondary N) is 1. The van der Waals surface area contributed by atoms with Gasteiger partial charge >= 0.3 is 5.97 Å². The van der Waals surface area contributed by atoms with Crippen LogP contribution in [-0.4, -0.2) is 22.1 Å². The molecule has 0 unspecified atom stereocenters. The molecule has 1 atom stereocenters. The predicted molar refractivity (Wildman–Crippen MR) is 94.3 cm³/mol. The zero-order valence-corrected chi connectivity index (χ0v) is 14.3. The van der Waals surface area contributed by atoms with Crippen molar-refractivity contribution in [1.82, 2.24) is 10.2 Å². The Bertz CT molecular complexity index is 921. The molecule has 26 heavy (non-hydrogen) atoms. The molecule has 1 aromatic heterocycles. The van der Waals surface area contributed by atoms with Crippen molar-refractivity contribution in [3.05, 3.63) is 66.1 Å². The van der Waals surface area contributed by atoms with Crippen molar-refractivity contribution in [1.29, 1.82) is 0 Å². The standard InChI is InChI=1S/C19H17N3O4/c1-12(17-21-22-18(26-17)14-7-4-3-5-8-14)25-19(24)15-9-6-10-16(11-15)20-13(2)23/h3-12H,1-2H3,(H,20,23)/t12-/m0/s1. The molecule has 0 radical (unpaired) electrons. The van der Waals surface area contributed by atoms with Crippen LogP contribution in [-0.2, 0) is 9.53 Å². The van der Waals surface area contributed by atoms with Gasteiger partial charge in [0.25, 0.3) is 5.89 Å². The third-order valence-corrected chi connectivity index (χ3v) is 3.51. The van der Waals surface area contributed by atoms with Crippen LogP contribution in [0.1, 0.15) is 36.2 Å². The molecule has 7 nitrogen and oxygen atoms in total. The SMILES string of the molecule is CC(=O)Nc1cccc(C(=O)O[C@@H](C)c2nnc(-c3ccccc3)o2)c1. The Hall–Kier alpha value is -3.48. The second kappa shape index (κ2) is 7.60. The molecule has 0 bridgehead atoms. The van der Waals surface area contributed by atoms with Gasteiger partial charge in [-0.05, 0) is 37.3 Å². The number of carbonyl (C=O) groups excluding carboxylic acids is 2. The first-order chi connectivity index (χ1) is 12.5. The number of benzene rings is 2. The number of anilines is 1. The van der Waals surface area contributed by atoms with E-state index in [1.807, 2.05) is 30.3 Å². The summed E-state index contributed by atoms with van der Waals surface area (Å²) >= 11 is 0. The summed E-state index contributed by atoms with van der Waals surface area (Å²) in [5.74, 6) is -0.210. The lowest BCUT2D eigenvalue weighted by molar-refractivity contribution is -0.114. The van der Waals surface area contributed by atoms with Gasteiger partial charge in [0.2, 0.25) is 11.8 Å². The third-order valence-electron chi connectivity index (χ3n) is 3.51. The molecule has 0 saturated carbocycles. The Morgan fingerprint density at radius 3 is 2.58 bits per heavy atom. The highest BCUT2D eigenvalue weighted by atomic mass is 16.6. The average Bonchev–Trinajstić information content (AvgIpc) is 3.12. The Kier molecular flexibility index (Phi) is 5.07. The molecule has 0 saturated heterocycles. The summed E-state index contributed by atoms with van der Waals surface area (Å²) in [6.07, 6.45) is -0.711. The lowest BCUT2D eigenvalue weighted by Crippen LogP contribution is -2.11. The van der Waals surface area contributed by atoms with E-state index in [1.54, 1.807) is 31.2 Å². The summed E-state index contributed by atoms with van der Waals surface area (Å²) in [6.45, 7) is 3.05. The van der Waals surface area contributed by atoms with Gasteiger partial charge in [-0.25, -0.2) is 4.79 Å². The van der Waals surface area contributed by atoms with Crippen LogP contribution >= 0.6 is 0 Å². The van der Waals surface area contributed by atoms with Crippen LogP contribution in [0.3, 0.4) is 0 Å². The van der Waals surface area contributed by atoms with Crippen LogP contribution in [0, 0.1) is 0 Å². The number of ether oxygens (including phenoxy) is 1. The molecule has 1 heterocycles. The van der Waals surface area contributed by atoms with Crippen LogP contribution in [0.15, 0.2) is 59.0 Å². The van der Waals surface area contributed by atoms with Crippen LogP contribution < -0.4 is 5.32 Å². The highest BCUT2D eigenvalue weighted by molar-refractivity contribution is 5.93. The minimum absolute atomic E-state index is 0.204. The van der Waals surface area contributed by atoms with Gasteiger partial charge in [-0.3, -0.25) is 4.79 Å². The van der Waals surface area contributed by atoms with Crippen LogP contribution in [0.5, 0.6) is 0 Å². The molecule has 0 aliphatic carbocycles. The molecule has 0 fully saturated rings. The number of aromatic nitrogens is 2. The molecule has 0 aliphatic rings. The van der Waals surface area contributed by atoms with Crippen molar-refractivity contribution >= 4 is 17.6 Å². The van der Waals surface area contributed by atoms with E-state index in [2.05, 4.69) is 15.5 Å². The van der Waals surface area contributed by atoms with Gasteiger partial charge in [-0.15, -0.1) is 10.2 Å². The van der Waals surface area contributed by atoms with Gasteiger partial charge in [0, 0.05) is 18.2 Å². The molecule has 1 N–H and O–H groups in total. The van der Waals surface area contributed by atoms with Crippen molar-refractivity contribution in [2.45, 2.75) is 20.0 Å². The fourth-order valence-electron chi connectivity index (χ4n) is 2.30. The summed E-state index contributed by atoms with van der Waals surface area (Å²) in [7, 11) is 0. The fraction of sp³-hybridized carbons (Fsp3) is 0.158. The molecule has 132 valence electrons. The zero-order valence-electron chi connectivity index (χ0n) is 14.3. The van der Waals surface area contributed by atoms with E-state index in [0.29, 0.717) is 17.1 Å². The molecule has 3 rings (SSSR count). The summed E-state index contributed by atoms with van der Waals surface area (Å²) < 4.78 is 11.0. The maximum absolute atomic E-state index is 12.3. The third kappa shape index (κ3) is 4.13. The van der Waals surface area contributed by atoms with Crippen molar-refractivity contribution in [3.8, 4) is 11.5 Å². The highest BCUT2D eigenvalue weighted by Gasteiger charge is 2.20. The lowest BCUT2D eigenvalue weighted by atomic mass is 10.2. The number of hydrogen-bond donors (Lipinski definition) is 1. The van der Waals surface area contributed by atoms with Crippen molar-refractivity contribution in [3.63, 3.8) is 0 Å². The van der Waals surface area contributed by atoms with E-state index >= 15 is 0 Å². The molecular weight excluding hydrogens is 334 g/mol. The van der Waals surface area contributed by atoms with E-state index in [-0.39, 0.29) is 11.8 Å². The fourth-order valence-corrected chi connectivity index (χ4v) is 2.30. The number of hydrogen-bond acceptors (Lipinski definition) is 6. The van der Waals surface area contributed by atoms with Crippen LogP contribution in [0.2, 0.25) is 0 Å². The number of rotatable bonds is 5. The first-order valence-corrected chi connectivity index (χ1v) is 8.00. The molecule has 2 aromatic carbocycles. The van der Waals surface area contributed by atoms with Crippen LogP contribution in [0.25, 0.3) is 11.5 Å². The van der Waals surface area contributed by atoms with Gasteiger partial charge < -0.3 is 14.5 Å². The summed E-state index contributed by atoms with van der Waals surface area (Å²) in [5, 5.41) is 10.5. The molecular formula is C19H17N3O4. The minimum atomic E-state index is -0.711. The molecule has 7 heteroatoms. The largest absolute Gasteiger partial charge is 0.449 e. The van der Waals surface area contributed by atoms with Gasteiger partial charge in [0.05, 0.1) is 5.56 Å². The summed E-state index contributed by atoms with van der Waals surface area (Å²) in [6, 6.07) is 15.8. The first-order valence-electron chi connectivity index (χ1n) is 8.00. The van der Waals surface area contributed by atoms with Gasteiger partial charge in [-0.2, -0.15) is 0 Å². The summed E-state index contributed by atoms with van der Waals surface area (Å²) in [4.78, 5) is 23.4. The molecule has 1 amide bonds. The summed E-state index contributed by atoms with van der Waals surface area (Å²) in [5.41, 5.74) is 1.61. The lowest BCUT2D eigenvalue weighted by Gasteiger charge is -2.10. The van der Waals surface area contributed by atoms with Gasteiger partial charge in [0.1, 0.15) is 0 Å². The molecule has 0 aliphatic heterocycles. The quantitative estimate of drug-likeness (QED) is 0.706. The number of esters is 1. The number of amides is 1. The van der Waals surface area contributed by atoms with Gasteiger partial charge in [-0.1, -0.05) is 24.3 Å². The van der Waals surface area contributed by atoms with Crippen molar-refractivity contribution in [2.75, 3.05) is 5.32 Å². The van der Waals surface area contributed by atoms with E-state index in [9.17, 15) is 9.59 Å².